The van der Waals surface area contributed by atoms with Crippen LogP contribution in [0.3, 0.4) is 0 Å². The van der Waals surface area contributed by atoms with Gasteiger partial charge >= 0.3 is 0 Å². The summed E-state index contributed by atoms with van der Waals surface area (Å²) in [6.07, 6.45) is 4.99. The SMILES string of the molecule is COc1ccc(C(N)c2cc3c(s2)CCCC3)c(OC)c1. The molecule has 0 fully saturated rings. The predicted molar refractivity (Wildman–Crippen MR) is 86.5 cm³/mol. The molecule has 1 aliphatic carbocycles. The largest absolute Gasteiger partial charge is 0.497 e. The van der Waals surface area contributed by atoms with Crippen molar-refractivity contribution in [1.29, 1.82) is 0 Å². The molecule has 1 unspecified atom stereocenters. The van der Waals surface area contributed by atoms with Crippen LogP contribution in [0.25, 0.3) is 0 Å². The maximum absolute atomic E-state index is 6.49. The lowest BCUT2D eigenvalue weighted by molar-refractivity contribution is 0.390. The Hall–Kier alpha value is -1.52. The minimum absolute atomic E-state index is 0.138. The number of fused-ring (bicyclic) bond motifs is 1. The van der Waals surface area contributed by atoms with Gasteiger partial charge in [-0.3, -0.25) is 0 Å². The van der Waals surface area contributed by atoms with E-state index in [2.05, 4.69) is 6.07 Å². The summed E-state index contributed by atoms with van der Waals surface area (Å²) in [5.41, 5.74) is 8.99. The molecular weight excluding hydrogens is 282 g/mol. The average molecular weight is 303 g/mol. The number of methoxy groups -OCH3 is 2. The molecule has 0 saturated carbocycles. The quantitative estimate of drug-likeness (QED) is 0.937. The smallest absolute Gasteiger partial charge is 0.127 e. The standard InChI is InChI=1S/C17H21NO2S/c1-19-12-7-8-13(14(10-12)20-2)17(18)16-9-11-5-3-4-6-15(11)21-16/h7-10,17H,3-6,18H2,1-2H3. The van der Waals surface area contributed by atoms with Gasteiger partial charge < -0.3 is 15.2 Å². The molecule has 112 valence electrons. The van der Waals surface area contributed by atoms with E-state index in [1.165, 1.54) is 41.0 Å². The lowest BCUT2D eigenvalue weighted by Gasteiger charge is -2.15. The van der Waals surface area contributed by atoms with Gasteiger partial charge in [0.15, 0.2) is 0 Å². The summed E-state index contributed by atoms with van der Waals surface area (Å²) in [6, 6.07) is 7.98. The minimum Gasteiger partial charge on any atom is -0.497 e. The molecule has 4 heteroatoms. The molecule has 1 atom stereocenters. The molecule has 1 aliphatic rings. The normalized spacial score (nSPS) is 15.4. The first-order valence-electron chi connectivity index (χ1n) is 7.32. The Morgan fingerprint density at radius 2 is 1.90 bits per heavy atom. The number of ether oxygens (including phenoxy) is 2. The molecule has 21 heavy (non-hydrogen) atoms. The number of rotatable bonds is 4. The third kappa shape index (κ3) is 2.78. The summed E-state index contributed by atoms with van der Waals surface area (Å²) in [5.74, 6) is 1.57. The summed E-state index contributed by atoms with van der Waals surface area (Å²) < 4.78 is 10.7. The summed E-state index contributed by atoms with van der Waals surface area (Å²) in [4.78, 5) is 2.74. The highest BCUT2D eigenvalue weighted by molar-refractivity contribution is 7.12. The molecule has 1 aromatic carbocycles. The summed E-state index contributed by atoms with van der Waals surface area (Å²) in [5, 5.41) is 0. The Labute approximate surface area is 129 Å². The van der Waals surface area contributed by atoms with Crippen molar-refractivity contribution in [2.24, 2.45) is 5.73 Å². The van der Waals surface area contributed by atoms with Crippen LogP contribution in [0.2, 0.25) is 0 Å². The van der Waals surface area contributed by atoms with E-state index in [1.54, 1.807) is 14.2 Å². The first-order valence-corrected chi connectivity index (χ1v) is 8.13. The molecule has 2 N–H and O–H groups in total. The number of thiophene rings is 1. The van der Waals surface area contributed by atoms with Gasteiger partial charge in [0.2, 0.25) is 0 Å². The van der Waals surface area contributed by atoms with Gasteiger partial charge in [-0.2, -0.15) is 0 Å². The fraction of sp³-hybridized carbons (Fsp3) is 0.412. The fourth-order valence-electron chi connectivity index (χ4n) is 2.90. The molecule has 3 rings (SSSR count). The van der Waals surface area contributed by atoms with Gasteiger partial charge in [-0.05, 0) is 49.4 Å². The molecule has 2 aromatic rings. The number of benzene rings is 1. The maximum atomic E-state index is 6.49. The van der Waals surface area contributed by atoms with Gasteiger partial charge in [-0.25, -0.2) is 0 Å². The van der Waals surface area contributed by atoms with Crippen LogP contribution in [0.4, 0.5) is 0 Å². The summed E-state index contributed by atoms with van der Waals surface area (Å²) in [6.45, 7) is 0. The molecule has 0 saturated heterocycles. The maximum Gasteiger partial charge on any atom is 0.127 e. The van der Waals surface area contributed by atoms with Crippen molar-refractivity contribution in [3.63, 3.8) is 0 Å². The third-order valence-electron chi connectivity index (χ3n) is 4.10. The number of nitrogens with two attached hydrogens (primary N) is 1. The van der Waals surface area contributed by atoms with E-state index in [0.29, 0.717) is 0 Å². The van der Waals surface area contributed by atoms with Crippen molar-refractivity contribution in [3.8, 4) is 11.5 Å². The van der Waals surface area contributed by atoms with Gasteiger partial charge in [0, 0.05) is 21.4 Å². The molecule has 0 bridgehead atoms. The first-order chi connectivity index (χ1) is 10.2. The molecule has 0 radical (unpaired) electrons. The van der Waals surface area contributed by atoms with E-state index in [0.717, 1.165) is 17.1 Å². The van der Waals surface area contributed by atoms with Crippen LogP contribution in [0, 0.1) is 0 Å². The summed E-state index contributed by atoms with van der Waals surface area (Å²) in [7, 11) is 3.33. The molecule has 1 aromatic heterocycles. The number of aryl methyl sites for hydroxylation is 2. The van der Waals surface area contributed by atoms with Crippen LogP contribution >= 0.6 is 11.3 Å². The molecule has 0 spiro atoms. The molecule has 3 nitrogen and oxygen atoms in total. The highest BCUT2D eigenvalue weighted by atomic mass is 32.1. The number of hydrogen-bond donors (Lipinski definition) is 1. The zero-order valence-electron chi connectivity index (χ0n) is 12.5. The highest BCUT2D eigenvalue weighted by Crippen LogP contribution is 2.37. The lowest BCUT2D eigenvalue weighted by Crippen LogP contribution is -2.11. The van der Waals surface area contributed by atoms with Crippen LogP contribution in [0.5, 0.6) is 11.5 Å². The zero-order valence-corrected chi connectivity index (χ0v) is 13.3. The molecular formula is C17H21NO2S. The van der Waals surface area contributed by atoms with Crippen molar-refractivity contribution in [2.45, 2.75) is 31.7 Å². The average Bonchev–Trinajstić information content (AvgIpc) is 2.97. The van der Waals surface area contributed by atoms with Crippen molar-refractivity contribution in [2.75, 3.05) is 14.2 Å². The second kappa shape index (κ2) is 6.08. The van der Waals surface area contributed by atoms with Crippen LogP contribution < -0.4 is 15.2 Å². The first kappa shape index (κ1) is 14.4. The zero-order chi connectivity index (χ0) is 14.8. The Balaban J connectivity index is 1.94. The molecule has 1 heterocycles. The number of hydrogen-bond acceptors (Lipinski definition) is 4. The predicted octanol–water partition coefficient (Wildman–Crippen LogP) is 3.69. The highest BCUT2D eigenvalue weighted by Gasteiger charge is 2.20. The Morgan fingerprint density at radius 1 is 1.10 bits per heavy atom. The Bertz CT molecular complexity index is 612. The van der Waals surface area contributed by atoms with Crippen molar-refractivity contribution < 1.29 is 9.47 Å². The monoisotopic (exact) mass is 303 g/mol. The van der Waals surface area contributed by atoms with Gasteiger partial charge in [-0.1, -0.05) is 0 Å². The minimum atomic E-state index is -0.138. The third-order valence-corrected chi connectivity index (χ3v) is 5.42. The van der Waals surface area contributed by atoms with Gasteiger partial charge in [-0.15, -0.1) is 11.3 Å². The van der Waals surface area contributed by atoms with E-state index in [4.69, 9.17) is 15.2 Å². The topological polar surface area (TPSA) is 44.5 Å². The van der Waals surface area contributed by atoms with E-state index in [9.17, 15) is 0 Å². The Kier molecular flexibility index (Phi) is 4.17. The molecule has 0 amide bonds. The second-order valence-corrected chi connectivity index (χ2v) is 6.56. The lowest BCUT2D eigenvalue weighted by atomic mass is 9.97. The van der Waals surface area contributed by atoms with Crippen molar-refractivity contribution in [3.05, 3.63) is 45.1 Å². The Morgan fingerprint density at radius 3 is 2.62 bits per heavy atom. The van der Waals surface area contributed by atoms with E-state index in [-0.39, 0.29) is 6.04 Å². The molecule has 0 aliphatic heterocycles. The van der Waals surface area contributed by atoms with Gasteiger partial charge in [0.25, 0.3) is 0 Å². The van der Waals surface area contributed by atoms with E-state index < -0.39 is 0 Å². The van der Waals surface area contributed by atoms with Gasteiger partial charge in [0.05, 0.1) is 20.3 Å². The van der Waals surface area contributed by atoms with Crippen molar-refractivity contribution >= 4 is 11.3 Å². The van der Waals surface area contributed by atoms with Crippen LogP contribution in [-0.4, -0.2) is 14.2 Å². The fourth-order valence-corrected chi connectivity index (χ4v) is 4.17. The second-order valence-electron chi connectivity index (χ2n) is 5.39. The van der Waals surface area contributed by atoms with E-state index >= 15 is 0 Å². The van der Waals surface area contributed by atoms with Crippen LogP contribution in [-0.2, 0) is 12.8 Å². The van der Waals surface area contributed by atoms with Crippen LogP contribution in [0.1, 0.15) is 39.8 Å². The van der Waals surface area contributed by atoms with Crippen molar-refractivity contribution in [1.82, 2.24) is 0 Å². The van der Waals surface area contributed by atoms with Crippen LogP contribution in [0.15, 0.2) is 24.3 Å². The summed E-state index contributed by atoms with van der Waals surface area (Å²) >= 11 is 1.86. The van der Waals surface area contributed by atoms with Gasteiger partial charge in [0.1, 0.15) is 11.5 Å². The van der Waals surface area contributed by atoms with E-state index in [1.807, 2.05) is 29.5 Å².